The minimum Gasteiger partial charge on any atom is -0.388 e. The summed E-state index contributed by atoms with van der Waals surface area (Å²) in [5.74, 6) is -0.223. The van der Waals surface area contributed by atoms with Crippen LogP contribution in [0.5, 0.6) is 0 Å². The molecule has 0 spiro atoms. The molecule has 0 bridgehead atoms. The van der Waals surface area contributed by atoms with Crippen LogP contribution in [0.15, 0.2) is 84.9 Å². The van der Waals surface area contributed by atoms with Crippen molar-refractivity contribution in [3.63, 3.8) is 0 Å². The molecule has 1 aliphatic rings. The van der Waals surface area contributed by atoms with E-state index in [1.165, 1.54) is 0 Å². The van der Waals surface area contributed by atoms with Gasteiger partial charge in [0.15, 0.2) is 0 Å². The zero-order valence-corrected chi connectivity index (χ0v) is 13.8. The lowest BCUT2D eigenvalue weighted by molar-refractivity contribution is 0.103. The minimum absolute atomic E-state index is 0.223. The van der Waals surface area contributed by atoms with Crippen molar-refractivity contribution < 1.29 is 5.11 Å². The zero-order chi connectivity index (χ0) is 17.3. The van der Waals surface area contributed by atoms with Crippen molar-refractivity contribution in [2.24, 2.45) is 5.92 Å². The van der Waals surface area contributed by atoms with E-state index in [0.717, 1.165) is 22.3 Å². The van der Waals surface area contributed by atoms with Crippen molar-refractivity contribution in [1.82, 2.24) is 0 Å². The van der Waals surface area contributed by atoms with Gasteiger partial charge in [-0.05, 0) is 22.3 Å². The van der Waals surface area contributed by atoms with Crippen LogP contribution >= 0.6 is 0 Å². The molecule has 0 heterocycles. The molecule has 2 heteroatoms. The van der Waals surface area contributed by atoms with Crippen LogP contribution in [0.3, 0.4) is 0 Å². The number of benzene rings is 3. The Bertz CT molecular complexity index is 872. The Morgan fingerprint density at radius 1 is 0.800 bits per heavy atom. The molecule has 0 fully saturated rings. The molecule has 0 saturated carbocycles. The van der Waals surface area contributed by atoms with Crippen molar-refractivity contribution in [1.29, 1.82) is 5.26 Å². The highest BCUT2D eigenvalue weighted by Crippen LogP contribution is 2.57. The summed E-state index contributed by atoms with van der Waals surface area (Å²) in [6.07, 6.45) is -0.365. The molecule has 3 aromatic rings. The number of aliphatic hydroxyl groups excluding tert-OH is 1. The highest BCUT2D eigenvalue weighted by molar-refractivity contribution is 5.58. The lowest BCUT2D eigenvalue weighted by atomic mass is 9.64. The predicted octanol–water partition coefficient (Wildman–Crippen LogP) is 4.60. The van der Waals surface area contributed by atoms with Crippen LogP contribution in [0.1, 0.15) is 34.8 Å². The SMILES string of the molecule is N#CCC1C(O)c2ccccc2C1(c1ccccc1)c1ccccc1. The van der Waals surface area contributed by atoms with E-state index in [9.17, 15) is 10.4 Å². The van der Waals surface area contributed by atoms with E-state index in [2.05, 4.69) is 36.4 Å². The van der Waals surface area contributed by atoms with Crippen LogP contribution in [0, 0.1) is 17.2 Å². The monoisotopic (exact) mass is 325 g/mol. The normalized spacial score (nSPS) is 20.6. The van der Waals surface area contributed by atoms with Gasteiger partial charge in [0, 0.05) is 12.3 Å². The summed E-state index contributed by atoms with van der Waals surface area (Å²) >= 11 is 0. The molecule has 0 aromatic heterocycles. The molecule has 1 aliphatic carbocycles. The summed E-state index contributed by atoms with van der Waals surface area (Å²) in [5, 5.41) is 20.6. The molecule has 4 rings (SSSR count). The molecule has 2 nitrogen and oxygen atoms in total. The van der Waals surface area contributed by atoms with Crippen LogP contribution < -0.4 is 0 Å². The Kier molecular flexibility index (Phi) is 3.87. The van der Waals surface area contributed by atoms with Gasteiger partial charge in [-0.25, -0.2) is 0 Å². The highest BCUT2D eigenvalue weighted by Gasteiger charge is 2.53. The third-order valence-corrected chi connectivity index (χ3v) is 5.41. The van der Waals surface area contributed by atoms with E-state index < -0.39 is 11.5 Å². The molecule has 0 aliphatic heterocycles. The van der Waals surface area contributed by atoms with Gasteiger partial charge in [0.2, 0.25) is 0 Å². The second-order valence-electron chi connectivity index (χ2n) is 6.54. The van der Waals surface area contributed by atoms with Crippen molar-refractivity contribution in [3.8, 4) is 6.07 Å². The van der Waals surface area contributed by atoms with E-state index in [1.54, 1.807) is 0 Å². The number of fused-ring (bicyclic) bond motifs is 1. The molecule has 0 amide bonds. The van der Waals surface area contributed by atoms with Gasteiger partial charge in [-0.2, -0.15) is 5.26 Å². The van der Waals surface area contributed by atoms with Crippen molar-refractivity contribution in [2.45, 2.75) is 17.9 Å². The molecule has 1 N–H and O–H groups in total. The standard InChI is InChI=1S/C23H19NO/c24-16-15-21-22(25)19-13-7-8-14-20(19)23(21,17-9-3-1-4-10-17)18-11-5-2-6-12-18/h1-14,21-22,25H,15H2. The summed E-state index contributed by atoms with van der Waals surface area (Å²) in [5.41, 5.74) is 3.74. The molecular weight excluding hydrogens is 306 g/mol. The largest absolute Gasteiger partial charge is 0.388 e. The van der Waals surface area contributed by atoms with Gasteiger partial charge in [-0.1, -0.05) is 84.9 Å². The first-order chi connectivity index (χ1) is 12.3. The molecule has 2 atom stereocenters. The van der Waals surface area contributed by atoms with E-state index in [0.29, 0.717) is 6.42 Å². The van der Waals surface area contributed by atoms with Gasteiger partial charge in [0.1, 0.15) is 0 Å². The average Bonchev–Trinajstić information content (AvgIpc) is 2.93. The summed E-state index contributed by atoms with van der Waals surface area (Å²) in [7, 11) is 0. The van der Waals surface area contributed by atoms with Gasteiger partial charge in [0.05, 0.1) is 17.6 Å². The van der Waals surface area contributed by atoms with E-state index in [-0.39, 0.29) is 5.92 Å². The Morgan fingerprint density at radius 2 is 1.32 bits per heavy atom. The maximum absolute atomic E-state index is 11.1. The number of nitriles is 1. The van der Waals surface area contributed by atoms with Crippen LogP contribution in [-0.2, 0) is 5.41 Å². The maximum Gasteiger partial charge on any atom is 0.0846 e. The van der Waals surface area contributed by atoms with Gasteiger partial charge in [-0.15, -0.1) is 0 Å². The quantitative estimate of drug-likeness (QED) is 0.765. The fourth-order valence-corrected chi connectivity index (χ4v) is 4.44. The molecule has 122 valence electrons. The van der Waals surface area contributed by atoms with E-state index >= 15 is 0 Å². The molecular formula is C23H19NO. The first-order valence-corrected chi connectivity index (χ1v) is 8.55. The third-order valence-electron chi connectivity index (χ3n) is 5.41. The molecule has 25 heavy (non-hydrogen) atoms. The van der Waals surface area contributed by atoms with Crippen LogP contribution in [0.25, 0.3) is 0 Å². The number of aliphatic hydroxyl groups is 1. The van der Waals surface area contributed by atoms with Gasteiger partial charge in [0.25, 0.3) is 0 Å². The summed E-state index contributed by atoms with van der Waals surface area (Å²) in [6, 6.07) is 30.9. The highest BCUT2D eigenvalue weighted by atomic mass is 16.3. The third kappa shape index (κ3) is 2.21. The van der Waals surface area contributed by atoms with E-state index in [4.69, 9.17) is 0 Å². The lowest BCUT2D eigenvalue weighted by Crippen LogP contribution is -2.35. The van der Waals surface area contributed by atoms with E-state index in [1.807, 2.05) is 54.6 Å². The molecule has 2 unspecified atom stereocenters. The molecule has 0 saturated heterocycles. The summed E-state index contributed by atoms with van der Waals surface area (Å²) < 4.78 is 0. The smallest absolute Gasteiger partial charge is 0.0846 e. The summed E-state index contributed by atoms with van der Waals surface area (Å²) in [4.78, 5) is 0. The Hall–Kier alpha value is -2.89. The molecule has 0 radical (unpaired) electrons. The van der Waals surface area contributed by atoms with Gasteiger partial charge >= 0.3 is 0 Å². The number of hydrogen-bond acceptors (Lipinski definition) is 2. The van der Waals surface area contributed by atoms with Crippen molar-refractivity contribution >= 4 is 0 Å². The van der Waals surface area contributed by atoms with Crippen LogP contribution in [0.2, 0.25) is 0 Å². The van der Waals surface area contributed by atoms with Crippen LogP contribution in [-0.4, -0.2) is 5.11 Å². The number of rotatable bonds is 3. The first-order valence-electron chi connectivity index (χ1n) is 8.55. The van der Waals surface area contributed by atoms with Gasteiger partial charge < -0.3 is 5.11 Å². The topological polar surface area (TPSA) is 44.0 Å². The fraction of sp³-hybridized carbons (Fsp3) is 0.174. The Morgan fingerprint density at radius 3 is 1.88 bits per heavy atom. The van der Waals surface area contributed by atoms with Gasteiger partial charge in [-0.3, -0.25) is 0 Å². The first kappa shape index (κ1) is 15.6. The Balaban J connectivity index is 2.10. The second kappa shape index (κ2) is 6.20. The maximum atomic E-state index is 11.1. The fourth-order valence-electron chi connectivity index (χ4n) is 4.44. The van der Waals surface area contributed by atoms with Crippen molar-refractivity contribution in [2.75, 3.05) is 0 Å². The average molecular weight is 325 g/mol. The molecule has 3 aromatic carbocycles. The summed E-state index contributed by atoms with van der Waals surface area (Å²) in [6.45, 7) is 0. The minimum atomic E-state index is -0.656. The van der Waals surface area contributed by atoms with Crippen LogP contribution in [0.4, 0.5) is 0 Å². The number of nitrogens with zero attached hydrogens (tertiary/aromatic N) is 1. The Labute approximate surface area is 148 Å². The number of hydrogen-bond donors (Lipinski definition) is 1. The lowest BCUT2D eigenvalue weighted by Gasteiger charge is -2.38. The predicted molar refractivity (Wildman–Crippen MR) is 97.9 cm³/mol. The second-order valence-corrected chi connectivity index (χ2v) is 6.54. The van der Waals surface area contributed by atoms with Crippen molar-refractivity contribution in [3.05, 3.63) is 107 Å². The zero-order valence-electron chi connectivity index (χ0n) is 13.8.